The molecule has 2 heteroatoms. The summed E-state index contributed by atoms with van der Waals surface area (Å²) in [6.07, 6.45) is 0.859. The summed E-state index contributed by atoms with van der Waals surface area (Å²) in [6.45, 7) is 6.25. The van der Waals surface area contributed by atoms with E-state index in [0.717, 1.165) is 6.42 Å². The molecule has 0 spiro atoms. The van der Waals surface area contributed by atoms with E-state index in [-0.39, 0.29) is 12.2 Å². The smallest absolute Gasteiger partial charge is 0.0928 e. The van der Waals surface area contributed by atoms with Gasteiger partial charge in [0.25, 0.3) is 0 Å². The lowest BCUT2D eigenvalue weighted by Crippen LogP contribution is -2.40. The fraction of sp³-hybridized carbons (Fsp3) is 1.00. The van der Waals surface area contributed by atoms with Crippen LogP contribution in [0.15, 0.2) is 0 Å². The maximum Gasteiger partial charge on any atom is 0.0928 e. The van der Waals surface area contributed by atoms with Crippen LogP contribution in [-0.2, 0) is 4.74 Å². The van der Waals surface area contributed by atoms with Crippen LogP contribution in [0.2, 0.25) is 0 Å². The third-order valence-electron chi connectivity index (χ3n) is 2.32. The average molecular weight is 146 g/mol. The van der Waals surface area contributed by atoms with E-state index in [1.165, 1.54) is 0 Å². The molecule has 2 nitrogen and oxygen atoms in total. The Hall–Kier alpha value is -0.0800. The summed E-state index contributed by atoms with van der Waals surface area (Å²) >= 11 is 0. The van der Waals surface area contributed by atoms with Crippen LogP contribution in [0.3, 0.4) is 0 Å². The zero-order valence-electron chi connectivity index (χ0n) is 7.35. The minimum atomic E-state index is -0.319. The number of hydrogen-bond acceptors (Lipinski definition) is 2. The Labute approximate surface area is 63.2 Å². The molecule has 62 valence electrons. The Morgan fingerprint density at radius 2 is 2.00 bits per heavy atom. The van der Waals surface area contributed by atoms with Crippen molar-refractivity contribution in [3.63, 3.8) is 0 Å². The lowest BCUT2D eigenvalue weighted by atomic mass is 9.88. The van der Waals surface area contributed by atoms with Gasteiger partial charge in [-0.1, -0.05) is 20.8 Å². The van der Waals surface area contributed by atoms with Crippen LogP contribution >= 0.6 is 0 Å². The molecule has 0 aliphatic heterocycles. The summed E-state index contributed by atoms with van der Waals surface area (Å²) in [5.41, 5.74) is -0.319. The maximum absolute atomic E-state index is 9.02. The molecule has 0 aliphatic carbocycles. The fourth-order valence-electron chi connectivity index (χ4n) is 1.15. The van der Waals surface area contributed by atoms with Crippen LogP contribution in [0.5, 0.6) is 0 Å². The van der Waals surface area contributed by atoms with Crippen molar-refractivity contribution in [2.24, 2.45) is 5.92 Å². The zero-order valence-corrected chi connectivity index (χ0v) is 7.35. The molecule has 0 radical (unpaired) electrons. The highest BCUT2D eigenvalue weighted by Gasteiger charge is 2.30. The van der Waals surface area contributed by atoms with Gasteiger partial charge in [-0.05, 0) is 12.3 Å². The third-order valence-corrected chi connectivity index (χ3v) is 2.32. The van der Waals surface area contributed by atoms with E-state index in [0.29, 0.717) is 5.92 Å². The number of rotatable bonds is 4. The first-order valence-electron chi connectivity index (χ1n) is 3.79. The van der Waals surface area contributed by atoms with E-state index in [2.05, 4.69) is 13.8 Å². The van der Waals surface area contributed by atoms with Crippen LogP contribution in [0.4, 0.5) is 0 Å². The van der Waals surface area contributed by atoms with Crippen molar-refractivity contribution in [2.75, 3.05) is 13.7 Å². The molecule has 0 saturated heterocycles. The zero-order chi connectivity index (χ0) is 8.20. The van der Waals surface area contributed by atoms with Crippen LogP contribution in [0.25, 0.3) is 0 Å². The highest BCUT2D eigenvalue weighted by atomic mass is 16.5. The van der Waals surface area contributed by atoms with E-state index in [9.17, 15) is 0 Å². The Bertz CT molecular complexity index is 77.0. The van der Waals surface area contributed by atoms with Gasteiger partial charge in [-0.2, -0.15) is 0 Å². The number of methoxy groups -OCH3 is 1. The molecule has 1 atom stereocenters. The van der Waals surface area contributed by atoms with Gasteiger partial charge in [0.2, 0.25) is 0 Å². The van der Waals surface area contributed by atoms with Crippen molar-refractivity contribution in [2.45, 2.75) is 32.8 Å². The summed E-state index contributed by atoms with van der Waals surface area (Å²) in [7, 11) is 1.65. The normalized spacial score (nSPS) is 17.4. The molecular weight excluding hydrogens is 128 g/mol. The van der Waals surface area contributed by atoms with Crippen molar-refractivity contribution in [3.05, 3.63) is 0 Å². The largest absolute Gasteiger partial charge is 0.393 e. The summed E-state index contributed by atoms with van der Waals surface area (Å²) in [4.78, 5) is 0. The maximum atomic E-state index is 9.02. The molecule has 0 saturated carbocycles. The van der Waals surface area contributed by atoms with Crippen molar-refractivity contribution in [1.29, 1.82) is 0 Å². The van der Waals surface area contributed by atoms with Crippen molar-refractivity contribution in [3.8, 4) is 0 Å². The Kier molecular flexibility index (Phi) is 3.91. The molecule has 0 rings (SSSR count). The molecule has 0 aromatic rings. The lowest BCUT2D eigenvalue weighted by Gasteiger charge is -2.33. The Morgan fingerprint density at radius 3 is 2.00 bits per heavy atom. The van der Waals surface area contributed by atoms with E-state index in [4.69, 9.17) is 9.84 Å². The molecule has 0 heterocycles. The first-order chi connectivity index (χ1) is 4.63. The third kappa shape index (κ3) is 1.70. The van der Waals surface area contributed by atoms with Gasteiger partial charge in [0.1, 0.15) is 0 Å². The van der Waals surface area contributed by atoms with Gasteiger partial charge in [-0.25, -0.2) is 0 Å². The van der Waals surface area contributed by atoms with Gasteiger partial charge >= 0.3 is 0 Å². The second-order valence-electron chi connectivity index (χ2n) is 2.94. The topological polar surface area (TPSA) is 29.5 Å². The van der Waals surface area contributed by atoms with Gasteiger partial charge in [0, 0.05) is 7.11 Å². The molecular formula is C8H18O2. The molecule has 0 fully saturated rings. The summed E-state index contributed by atoms with van der Waals surface area (Å²) in [6, 6.07) is 0. The van der Waals surface area contributed by atoms with Crippen LogP contribution < -0.4 is 0 Å². The lowest BCUT2D eigenvalue weighted by molar-refractivity contribution is -0.0864. The number of ether oxygens (including phenoxy) is 1. The van der Waals surface area contributed by atoms with Crippen LogP contribution in [-0.4, -0.2) is 24.4 Å². The van der Waals surface area contributed by atoms with Crippen LogP contribution in [0, 0.1) is 5.92 Å². The molecule has 10 heavy (non-hydrogen) atoms. The van der Waals surface area contributed by atoms with E-state index in [1.807, 2.05) is 6.92 Å². The van der Waals surface area contributed by atoms with Crippen molar-refractivity contribution < 1.29 is 9.84 Å². The molecule has 0 aromatic heterocycles. The SMILES string of the molecule is CC[C@@](CO)(OC)C(C)C. The molecule has 0 bridgehead atoms. The van der Waals surface area contributed by atoms with Crippen molar-refractivity contribution >= 4 is 0 Å². The summed E-state index contributed by atoms with van der Waals surface area (Å²) in [5, 5.41) is 9.02. The van der Waals surface area contributed by atoms with Gasteiger partial charge in [0.05, 0.1) is 12.2 Å². The van der Waals surface area contributed by atoms with Gasteiger partial charge in [-0.15, -0.1) is 0 Å². The predicted molar refractivity (Wildman–Crippen MR) is 42.0 cm³/mol. The highest BCUT2D eigenvalue weighted by molar-refractivity contribution is 4.81. The standard InChI is InChI=1S/C8H18O2/c1-5-8(6-9,10-4)7(2)3/h7,9H,5-6H2,1-4H3/t8-/m0/s1. The second-order valence-corrected chi connectivity index (χ2v) is 2.94. The molecule has 0 amide bonds. The Balaban J connectivity index is 4.15. The first-order valence-corrected chi connectivity index (χ1v) is 3.79. The van der Waals surface area contributed by atoms with Gasteiger partial charge < -0.3 is 9.84 Å². The van der Waals surface area contributed by atoms with Crippen molar-refractivity contribution in [1.82, 2.24) is 0 Å². The van der Waals surface area contributed by atoms with Gasteiger partial charge in [0.15, 0.2) is 0 Å². The minimum absolute atomic E-state index is 0.109. The van der Waals surface area contributed by atoms with E-state index >= 15 is 0 Å². The van der Waals surface area contributed by atoms with E-state index < -0.39 is 0 Å². The minimum Gasteiger partial charge on any atom is -0.393 e. The Morgan fingerprint density at radius 1 is 1.50 bits per heavy atom. The fourth-order valence-corrected chi connectivity index (χ4v) is 1.15. The molecule has 0 unspecified atom stereocenters. The highest BCUT2D eigenvalue weighted by Crippen LogP contribution is 2.23. The molecule has 0 aliphatic rings. The summed E-state index contributed by atoms with van der Waals surface area (Å²) in [5.74, 6) is 0.368. The quantitative estimate of drug-likeness (QED) is 0.650. The van der Waals surface area contributed by atoms with Crippen LogP contribution in [0.1, 0.15) is 27.2 Å². The monoisotopic (exact) mass is 146 g/mol. The number of hydrogen-bond donors (Lipinski definition) is 1. The molecule has 0 aromatic carbocycles. The van der Waals surface area contributed by atoms with Gasteiger partial charge in [-0.3, -0.25) is 0 Å². The second kappa shape index (κ2) is 3.94. The van der Waals surface area contributed by atoms with E-state index in [1.54, 1.807) is 7.11 Å². The average Bonchev–Trinajstić information content (AvgIpc) is 1.92. The first kappa shape index (κ1) is 9.92. The number of aliphatic hydroxyl groups excluding tert-OH is 1. The summed E-state index contributed by atoms with van der Waals surface area (Å²) < 4.78 is 5.25. The predicted octanol–water partition coefficient (Wildman–Crippen LogP) is 1.43. The number of aliphatic hydroxyl groups is 1. The molecule has 1 N–H and O–H groups in total.